The lowest BCUT2D eigenvalue weighted by Gasteiger charge is -2.05. The normalized spacial score (nSPS) is 9.92. The Balaban J connectivity index is 2.50. The minimum Gasteiger partial charge on any atom is -0.449 e. The first-order valence-corrected chi connectivity index (χ1v) is 7.14. The summed E-state index contributed by atoms with van der Waals surface area (Å²) in [5, 5.41) is 13.9. The zero-order valence-electron chi connectivity index (χ0n) is 13.2. The van der Waals surface area contributed by atoms with Crippen LogP contribution in [0, 0.1) is 22.0 Å². The molecule has 8 nitrogen and oxygen atoms in total. The summed E-state index contributed by atoms with van der Waals surface area (Å²) in [5.41, 5.74) is 0.707. The van der Waals surface area contributed by atoms with E-state index in [1.807, 2.05) is 0 Å². The Kier molecular flexibility index (Phi) is 5.16. The van der Waals surface area contributed by atoms with Crippen molar-refractivity contribution in [2.45, 2.75) is 13.8 Å². The maximum Gasteiger partial charge on any atom is 0.419 e. The fourth-order valence-electron chi connectivity index (χ4n) is 2.10. The number of nitrogens with zero attached hydrogens (tertiary/aromatic N) is 2. The van der Waals surface area contributed by atoms with Crippen LogP contribution in [0.4, 0.5) is 10.5 Å². The molecule has 0 unspecified atom stereocenters. The maximum absolute atomic E-state index is 12.2. The third-order valence-corrected chi connectivity index (χ3v) is 3.09. The number of nitro benzene ring substituents is 1. The molecule has 0 atom stereocenters. The Bertz CT molecular complexity index is 873. The van der Waals surface area contributed by atoms with Gasteiger partial charge in [0.1, 0.15) is 5.69 Å². The van der Waals surface area contributed by atoms with Gasteiger partial charge in [-0.3, -0.25) is 14.9 Å². The molecule has 1 aromatic heterocycles. The SMILES string of the molecule is CCOC(=O)n1c(C#CCNC(C)=O)cc2cc([N+](=O)[O-])ccc21. The van der Waals surface area contributed by atoms with Gasteiger partial charge in [0, 0.05) is 24.4 Å². The Hall–Kier alpha value is -3.34. The molecular formula is C16H15N3O5. The summed E-state index contributed by atoms with van der Waals surface area (Å²) in [4.78, 5) is 33.4. The van der Waals surface area contributed by atoms with Gasteiger partial charge in [-0.15, -0.1) is 0 Å². The Morgan fingerprint density at radius 3 is 2.75 bits per heavy atom. The Morgan fingerprint density at radius 2 is 2.12 bits per heavy atom. The van der Waals surface area contributed by atoms with Crippen LogP contribution >= 0.6 is 0 Å². The van der Waals surface area contributed by atoms with Gasteiger partial charge in [0.05, 0.1) is 23.6 Å². The molecule has 0 fully saturated rings. The number of ether oxygens (including phenoxy) is 1. The summed E-state index contributed by atoms with van der Waals surface area (Å²) in [5.74, 6) is 5.28. The summed E-state index contributed by atoms with van der Waals surface area (Å²) < 4.78 is 6.26. The molecule has 2 aromatic rings. The number of benzene rings is 1. The van der Waals surface area contributed by atoms with Crippen LogP contribution in [-0.2, 0) is 9.53 Å². The fraction of sp³-hybridized carbons (Fsp3) is 0.250. The monoisotopic (exact) mass is 329 g/mol. The molecule has 2 rings (SSSR count). The Labute approximate surface area is 137 Å². The number of hydrogen-bond donors (Lipinski definition) is 1. The summed E-state index contributed by atoms with van der Waals surface area (Å²) in [7, 11) is 0. The molecule has 0 aliphatic carbocycles. The van der Waals surface area contributed by atoms with Gasteiger partial charge in [0.15, 0.2) is 0 Å². The number of carbonyl (C=O) groups is 2. The topological polar surface area (TPSA) is 103 Å². The first-order valence-electron chi connectivity index (χ1n) is 7.14. The second-order valence-corrected chi connectivity index (χ2v) is 4.78. The fourth-order valence-corrected chi connectivity index (χ4v) is 2.10. The molecule has 0 spiro atoms. The highest BCUT2D eigenvalue weighted by Crippen LogP contribution is 2.24. The van der Waals surface area contributed by atoms with Crippen molar-refractivity contribution in [3.63, 3.8) is 0 Å². The summed E-state index contributed by atoms with van der Waals surface area (Å²) in [6.45, 7) is 3.36. The minimum absolute atomic E-state index is 0.0822. The molecular weight excluding hydrogens is 314 g/mol. The Morgan fingerprint density at radius 1 is 1.38 bits per heavy atom. The van der Waals surface area contributed by atoms with Crippen LogP contribution in [-0.4, -0.2) is 34.6 Å². The van der Waals surface area contributed by atoms with Crippen LogP contribution in [0.25, 0.3) is 10.9 Å². The number of amides is 1. The molecule has 0 bridgehead atoms. The molecule has 0 aliphatic rings. The van der Waals surface area contributed by atoms with Gasteiger partial charge < -0.3 is 10.1 Å². The number of non-ortho nitro benzene ring substituents is 1. The van der Waals surface area contributed by atoms with E-state index in [4.69, 9.17) is 4.74 Å². The number of nitro groups is 1. The van der Waals surface area contributed by atoms with E-state index in [9.17, 15) is 19.7 Å². The molecule has 8 heteroatoms. The summed E-state index contributed by atoms with van der Waals surface area (Å²) in [6, 6.07) is 5.72. The van der Waals surface area contributed by atoms with E-state index >= 15 is 0 Å². The highest BCUT2D eigenvalue weighted by atomic mass is 16.6. The molecule has 1 amide bonds. The van der Waals surface area contributed by atoms with Crippen molar-refractivity contribution in [3.8, 4) is 11.8 Å². The lowest BCUT2D eigenvalue weighted by molar-refractivity contribution is -0.384. The van der Waals surface area contributed by atoms with Crippen molar-refractivity contribution in [2.24, 2.45) is 0 Å². The number of nitrogens with one attached hydrogen (secondary N) is 1. The summed E-state index contributed by atoms with van der Waals surface area (Å²) >= 11 is 0. The smallest absolute Gasteiger partial charge is 0.419 e. The second-order valence-electron chi connectivity index (χ2n) is 4.78. The predicted octanol–water partition coefficient (Wildman–Crippen LogP) is 2.04. The van der Waals surface area contributed by atoms with Gasteiger partial charge in [-0.25, -0.2) is 9.36 Å². The third-order valence-electron chi connectivity index (χ3n) is 3.09. The van der Waals surface area contributed by atoms with E-state index < -0.39 is 11.0 Å². The first kappa shape index (κ1) is 17.0. The molecule has 1 heterocycles. The second kappa shape index (κ2) is 7.28. The van der Waals surface area contributed by atoms with Crippen molar-refractivity contribution in [3.05, 3.63) is 40.1 Å². The molecule has 0 saturated carbocycles. The van der Waals surface area contributed by atoms with Crippen molar-refractivity contribution >= 4 is 28.6 Å². The van der Waals surface area contributed by atoms with Crippen molar-refractivity contribution in [1.29, 1.82) is 0 Å². The number of rotatable bonds is 3. The number of fused-ring (bicyclic) bond motifs is 1. The van der Waals surface area contributed by atoms with E-state index in [0.29, 0.717) is 16.6 Å². The van der Waals surface area contributed by atoms with Gasteiger partial charge in [-0.1, -0.05) is 5.92 Å². The molecule has 1 N–H and O–H groups in total. The average molecular weight is 329 g/mol. The molecule has 0 aliphatic heterocycles. The number of hydrogen-bond acceptors (Lipinski definition) is 5. The van der Waals surface area contributed by atoms with E-state index in [1.54, 1.807) is 13.0 Å². The largest absolute Gasteiger partial charge is 0.449 e. The summed E-state index contributed by atoms with van der Waals surface area (Å²) in [6.07, 6.45) is -0.620. The molecule has 0 saturated heterocycles. The zero-order valence-corrected chi connectivity index (χ0v) is 13.2. The van der Waals surface area contributed by atoms with Gasteiger partial charge in [-0.05, 0) is 25.0 Å². The quantitative estimate of drug-likeness (QED) is 0.527. The van der Waals surface area contributed by atoms with Crippen molar-refractivity contribution in [2.75, 3.05) is 13.2 Å². The van der Waals surface area contributed by atoms with Crippen LogP contribution in [0.1, 0.15) is 19.5 Å². The van der Waals surface area contributed by atoms with Crippen LogP contribution in [0.5, 0.6) is 0 Å². The standard InChI is InChI=1S/C16H15N3O5/c1-3-24-16(21)18-13(5-4-8-17-11(2)20)9-12-10-14(19(22)23)6-7-15(12)18/h6-7,9-10H,3,8H2,1-2H3,(H,17,20). The van der Waals surface area contributed by atoms with Gasteiger partial charge >= 0.3 is 6.09 Å². The highest BCUT2D eigenvalue weighted by molar-refractivity contribution is 5.93. The van der Waals surface area contributed by atoms with E-state index in [1.165, 1.54) is 29.7 Å². The average Bonchev–Trinajstić information content (AvgIpc) is 2.88. The number of aromatic nitrogens is 1. The van der Waals surface area contributed by atoms with Crippen molar-refractivity contribution < 1.29 is 19.2 Å². The van der Waals surface area contributed by atoms with Gasteiger partial charge in [0.25, 0.3) is 5.69 Å². The van der Waals surface area contributed by atoms with Crippen LogP contribution < -0.4 is 5.32 Å². The van der Waals surface area contributed by atoms with Crippen LogP contribution in [0.15, 0.2) is 24.3 Å². The van der Waals surface area contributed by atoms with Crippen LogP contribution in [0.2, 0.25) is 0 Å². The molecule has 0 radical (unpaired) electrons. The predicted molar refractivity (Wildman–Crippen MR) is 86.6 cm³/mol. The minimum atomic E-state index is -0.620. The van der Waals surface area contributed by atoms with Crippen LogP contribution in [0.3, 0.4) is 0 Å². The van der Waals surface area contributed by atoms with E-state index in [0.717, 1.165) is 0 Å². The third kappa shape index (κ3) is 3.70. The maximum atomic E-state index is 12.2. The zero-order chi connectivity index (χ0) is 17.7. The van der Waals surface area contributed by atoms with E-state index in [-0.39, 0.29) is 24.7 Å². The molecule has 24 heavy (non-hydrogen) atoms. The lowest BCUT2D eigenvalue weighted by Crippen LogP contribution is -2.19. The molecule has 1 aromatic carbocycles. The van der Waals surface area contributed by atoms with Gasteiger partial charge in [0.2, 0.25) is 5.91 Å². The molecule has 124 valence electrons. The first-order chi connectivity index (χ1) is 11.4. The van der Waals surface area contributed by atoms with Gasteiger partial charge in [-0.2, -0.15) is 0 Å². The lowest BCUT2D eigenvalue weighted by atomic mass is 10.2. The number of carbonyl (C=O) groups excluding carboxylic acids is 2. The van der Waals surface area contributed by atoms with Crippen molar-refractivity contribution in [1.82, 2.24) is 9.88 Å². The van der Waals surface area contributed by atoms with E-state index in [2.05, 4.69) is 17.2 Å². The highest BCUT2D eigenvalue weighted by Gasteiger charge is 2.17.